The molecule has 2 aromatic carbocycles. The van der Waals surface area contributed by atoms with E-state index in [0.717, 1.165) is 16.4 Å². The summed E-state index contributed by atoms with van der Waals surface area (Å²) in [6.45, 7) is 12.9. The number of aryl methyl sites for hydroxylation is 1. The highest BCUT2D eigenvalue weighted by molar-refractivity contribution is 8.22. The minimum Gasteiger partial charge on any atom is -0.477 e. The van der Waals surface area contributed by atoms with Crippen molar-refractivity contribution < 1.29 is 19.1 Å². The molecule has 1 saturated heterocycles. The molecule has 4 rings (SSSR count). The Hall–Kier alpha value is -1.74. The Morgan fingerprint density at radius 2 is 1.88 bits per heavy atom. The lowest BCUT2D eigenvalue weighted by molar-refractivity contribution is -0.156. The highest BCUT2D eigenvalue weighted by atomic mass is 32.2. The smallest absolute Gasteiger partial charge is 0.354 e. The third-order valence-corrected chi connectivity index (χ3v) is 14.5. The molecule has 1 N–H and O–H groups in total. The lowest BCUT2D eigenvalue weighted by Gasteiger charge is -2.48. The molecule has 0 bridgehead atoms. The summed E-state index contributed by atoms with van der Waals surface area (Å²) in [4.78, 5) is 26.6. The van der Waals surface area contributed by atoms with Gasteiger partial charge in [0.15, 0.2) is 14.0 Å². The number of rotatable bonds is 8. The first-order valence-electron chi connectivity index (χ1n) is 11.7. The van der Waals surface area contributed by atoms with E-state index in [1.54, 1.807) is 11.8 Å². The third kappa shape index (κ3) is 4.57. The van der Waals surface area contributed by atoms with Crippen LogP contribution < -0.4 is 0 Å². The molecule has 0 unspecified atom stereocenters. The summed E-state index contributed by atoms with van der Waals surface area (Å²) in [5.74, 6) is -0.731. The number of aliphatic carboxylic acids is 1. The van der Waals surface area contributed by atoms with Crippen molar-refractivity contribution in [2.45, 2.75) is 63.7 Å². The molecule has 0 aliphatic carbocycles. The van der Waals surface area contributed by atoms with Crippen molar-refractivity contribution in [1.29, 1.82) is 0 Å². The molecule has 0 saturated carbocycles. The van der Waals surface area contributed by atoms with Crippen molar-refractivity contribution in [3.8, 4) is 0 Å². The number of amides is 1. The number of hydrogen-bond acceptors (Lipinski definition) is 5. The van der Waals surface area contributed by atoms with Gasteiger partial charge >= 0.3 is 5.97 Å². The van der Waals surface area contributed by atoms with Crippen LogP contribution in [0.2, 0.25) is 18.1 Å². The molecular weight excluding hydrogens is 483 g/mol. The normalized spacial score (nSPS) is 21.6. The van der Waals surface area contributed by atoms with Gasteiger partial charge in [0.2, 0.25) is 5.91 Å². The van der Waals surface area contributed by atoms with Gasteiger partial charge < -0.3 is 9.53 Å². The highest BCUT2D eigenvalue weighted by Crippen LogP contribution is 2.54. The first-order valence-corrected chi connectivity index (χ1v) is 16.4. The SMILES string of the molecule is C[C@H](O[Si](C)(C)C(C)(C)C)[C@@H]1C(=O)N2C(C(=O)O)=C(SCCc3cccc4ccccc34)S[C@H]12. The van der Waals surface area contributed by atoms with Crippen molar-refractivity contribution in [2.75, 3.05) is 5.75 Å². The summed E-state index contributed by atoms with van der Waals surface area (Å²) < 4.78 is 7.23. The number of carboxylic acid groups (broad SMARTS) is 1. The van der Waals surface area contributed by atoms with Crippen LogP contribution in [0.3, 0.4) is 0 Å². The summed E-state index contributed by atoms with van der Waals surface area (Å²) in [6, 6.07) is 14.6. The number of carboxylic acids is 1. The van der Waals surface area contributed by atoms with Crippen molar-refractivity contribution in [2.24, 2.45) is 5.92 Å². The topological polar surface area (TPSA) is 66.8 Å². The summed E-state index contributed by atoms with van der Waals surface area (Å²) in [5.41, 5.74) is 1.39. The summed E-state index contributed by atoms with van der Waals surface area (Å²) in [7, 11) is -2.04. The molecule has 3 atom stereocenters. The maximum Gasteiger partial charge on any atom is 0.354 e. The molecule has 1 fully saturated rings. The van der Waals surface area contributed by atoms with E-state index in [1.807, 2.05) is 19.1 Å². The van der Waals surface area contributed by atoms with Crippen molar-refractivity contribution >= 4 is 54.5 Å². The Balaban J connectivity index is 1.45. The van der Waals surface area contributed by atoms with Gasteiger partial charge in [-0.05, 0) is 47.8 Å². The van der Waals surface area contributed by atoms with Gasteiger partial charge in [0.1, 0.15) is 5.37 Å². The van der Waals surface area contributed by atoms with E-state index < -0.39 is 14.3 Å². The molecule has 0 radical (unpaired) electrons. The first kappa shape index (κ1) is 25.4. The van der Waals surface area contributed by atoms with Crippen LogP contribution in [-0.4, -0.2) is 47.4 Å². The van der Waals surface area contributed by atoms with Gasteiger partial charge in [0.25, 0.3) is 0 Å². The second-order valence-electron chi connectivity index (χ2n) is 10.5. The molecule has 2 aliphatic heterocycles. The molecule has 5 nitrogen and oxygen atoms in total. The van der Waals surface area contributed by atoms with E-state index in [4.69, 9.17) is 4.43 Å². The largest absolute Gasteiger partial charge is 0.477 e. The molecule has 2 aliphatic rings. The second-order valence-corrected chi connectivity index (χ2v) is 17.8. The van der Waals surface area contributed by atoms with Gasteiger partial charge in [0, 0.05) is 5.75 Å². The maximum absolute atomic E-state index is 13.1. The number of benzene rings is 2. The Bertz CT molecular complexity index is 1150. The fourth-order valence-electron chi connectivity index (χ4n) is 4.32. The Morgan fingerprint density at radius 3 is 2.56 bits per heavy atom. The van der Waals surface area contributed by atoms with Gasteiger partial charge in [0.05, 0.1) is 16.3 Å². The second kappa shape index (κ2) is 9.37. The lowest BCUT2D eigenvalue weighted by Crippen LogP contribution is -2.62. The standard InChI is InChI=1S/C26H33NO4S2Si/c1-16(31-34(5,6)26(2,3)4)20-22(28)27-21(24(29)30)25(33-23(20)27)32-15-14-18-12-9-11-17-10-7-8-13-19(17)18/h7-13,16,20,23H,14-15H2,1-6H3,(H,29,30)/t16-,20+,23+/m0/s1. The molecular formula is C26H33NO4S2Si. The van der Waals surface area contributed by atoms with Gasteiger partial charge in [-0.2, -0.15) is 0 Å². The number of carbonyl (C=O) groups is 2. The van der Waals surface area contributed by atoms with E-state index in [0.29, 0.717) is 0 Å². The van der Waals surface area contributed by atoms with Crippen LogP contribution in [0, 0.1) is 5.92 Å². The van der Waals surface area contributed by atoms with Crippen LogP contribution in [0.1, 0.15) is 33.3 Å². The fraction of sp³-hybridized carbons (Fsp3) is 0.462. The molecule has 1 amide bonds. The first-order chi connectivity index (χ1) is 15.9. The van der Waals surface area contributed by atoms with Crippen LogP contribution in [0.15, 0.2) is 52.4 Å². The highest BCUT2D eigenvalue weighted by Gasteiger charge is 2.59. The van der Waals surface area contributed by atoms with Gasteiger partial charge in [-0.15, -0.1) is 11.8 Å². The number of fused-ring (bicyclic) bond motifs is 2. The average Bonchev–Trinajstić information content (AvgIpc) is 3.07. The van der Waals surface area contributed by atoms with Crippen LogP contribution in [-0.2, 0) is 20.4 Å². The summed E-state index contributed by atoms with van der Waals surface area (Å²) >= 11 is 3.05. The van der Waals surface area contributed by atoms with E-state index in [9.17, 15) is 14.7 Å². The minimum absolute atomic E-state index is 0.0453. The van der Waals surface area contributed by atoms with Gasteiger partial charge in [-0.25, -0.2) is 4.79 Å². The van der Waals surface area contributed by atoms with Crippen LogP contribution in [0.25, 0.3) is 10.8 Å². The van der Waals surface area contributed by atoms with E-state index in [1.165, 1.54) is 33.0 Å². The van der Waals surface area contributed by atoms with Crippen LogP contribution >= 0.6 is 23.5 Å². The zero-order chi connectivity index (χ0) is 24.8. The van der Waals surface area contributed by atoms with E-state index in [2.05, 4.69) is 64.2 Å². The molecule has 0 aromatic heterocycles. The van der Waals surface area contributed by atoms with Gasteiger partial charge in [-0.3, -0.25) is 9.69 Å². The number of nitrogens with zero attached hydrogens (tertiary/aromatic N) is 1. The molecule has 2 aromatic rings. The zero-order valence-corrected chi connectivity index (χ0v) is 23.3. The number of hydrogen-bond donors (Lipinski definition) is 1. The molecule has 0 spiro atoms. The summed E-state index contributed by atoms with van der Waals surface area (Å²) in [6.07, 6.45) is 0.591. The minimum atomic E-state index is -2.04. The molecule has 8 heteroatoms. The predicted molar refractivity (Wildman–Crippen MR) is 144 cm³/mol. The van der Waals surface area contributed by atoms with E-state index >= 15 is 0 Å². The van der Waals surface area contributed by atoms with E-state index in [-0.39, 0.29) is 34.0 Å². The zero-order valence-electron chi connectivity index (χ0n) is 20.6. The fourth-order valence-corrected chi connectivity index (χ4v) is 8.71. The molecule has 2 heterocycles. The lowest BCUT2D eigenvalue weighted by atomic mass is 9.92. The quantitative estimate of drug-likeness (QED) is 0.328. The van der Waals surface area contributed by atoms with Gasteiger partial charge in [-0.1, -0.05) is 75.0 Å². The monoisotopic (exact) mass is 515 g/mol. The Morgan fingerprint density at radius 1 is 1.21 bits per heavy atom. The average molecular weight is 516 g/mol. The van der Waals surface area contributed by atoms with Crippen molar-refractivity contribution in [1.82, 2.24) is 4.90 Å². The molecule has 182 valence electrons. The maximum atomic E-state index is 13.1. The molecule has 34 heavy (non-hydrogen) atoms. The Kier molecular flexibility index (Phi) is 6.99. The van der Waals surface area contributed by atoms with Crippen molar-refractivity contribution in [3.05, 3.63) is 58.0 Å². The van der Waals surface area contributed by atoms with Crippen LogP contribution in [0.5, 0.6) is 0 Å². The number of carbonyl (C=O) groups excluding carboxylic acids is 1. The van der Waals surface area contributed by atoms with Crippen molar-refractivity contribution in [3.63, 3.8) is 0 Å². The summed E-state index contributed by atoms with van der Waals surface area (Å²) in [5, 5.41) is 12.2. The third-order valence-electron chi connectivity index (χ3n) is 7.23. The Labute approximate surface area is 211 Å². The predicted octanol–water partition coefficient (Wildman–Crippen LogP) is 6.31. The van der Waals surface area contributed by atoms with Crippen LogP contribution in [0.4, 0.5) is 0 Å². The number of β-lactam (4-membered cyclic amide) rings is 1. The number of thioether (sulfide) groups is 2.